The molecule has 8 heteroatoms. The van der Waals surface area contributed by atoms with E-state index in [1.165, 1.54) is 13.8 Å². The van der Waals surface area contributed by atoms with E-state index in [0.717, 1.165) is 0 Å². The number of aliphatic hydroxyl groups is 2. The molecule has 0 aromatic carbocycles. The van der Waals surface area contributed by atoms with Gasteiger partial charge >= 0.3 is 11.9 Å². The summed E-state index contributed by atoms with van der Waals surface area (Å²) < 4.78 is 20.8. The second kappa shape index (κ2) is 13.5. The molecular formula is C17H28O8. The summed E-state index contributed by atoms with van der Waals surface area (Å²) in [5.41, 5.74) is 0.457. The Morgan fingerprint density at radius 1 is 0.920 bits per heavy atom. The van der Waals surface area contributed by atoms with Crippen LogP contribution in [0, 0.1) is 0 Å². The van der Waals surface area contributed by atoms with E-state index in [-0.39, 0.29) is 50.6 Å². The van der Waals surface area contributed by atoms with Gasteiger partial charge in [-0.05, 0) is 13.8 Å². The molecule has 0 radical (unpaired) electrons. The Bertz CT molecular complexity index is 446. The average molecular weight is 360 g/mol. The summed E-state index contributed by atoms with van der Waals surface area (Å²) in [6, 6.07) is 0. The molecule has 0 amide bonds. The Morgan fingerprint density at radius 3 is 2.08 bits per heavy atom. The van der Waals surface area contributed by atoms with Gasteiger partial charge in [-0.15, -0.1) is 0 Å². The van der Waals surface area contributed by atoms with Crippen molar-refractivity contribution in [2.75, 3.05) is 39.6 Å². The normalized spacial score (nSPS) is 13.0. The molecule has 0 aliphatic rings. The first kappa shape index (κ1) is 23.3. The highest BCUT2D eigenvalue weighted by atomic mass is 16.6. The summed E-state index contributed by atoms with van der Waals surface area (Å²) in [6.07, 6.45) is -1.50. The zero-order valence-electron chi connectivity index (χ0n) is 14.9. The summed E-state index contributed by atoms with van der Waals surface area (Å²) in [5.74, 6) is -1.18. The summed E-state index contributed by atoms with van der Waals surface area (Å²) in [6.45, 7) is 9.99. The maximum absolute atomic E-state index is 11.8. The zero-order valence-corrected chi connectivity index (χ0v) is 14.9. The number of esters is 2. The number of carbonyl (C=O) groups is 2. The van der Waals surface area contributed by atoms with Crippen molar-refractivity contribution in [3.05, 3.63) is 24.3 Å². The highest BCUT2D eigenvalue weighted by Gasteiger charge is 2.26. The molecule has 0 heterocycles. The summed E-state index contributed by atoms with van der Waals surface area (Å²) in [4.78, 5) is 23.2. The molecule has 0 aliphatic carbocycles. The Labute approximate surface area is 148 Å². The highest BCUT2D eigenvalue weighted by Crippen LogP contribution is 2.12. The lowest BCUT2D eigenvalue weighted by Gasteiger charge is -2.26. The smallest absolute Gasteiger partial charge is 0.333 e. The Morgan fingerprint density at radius 2 is 1.56 bits per heavy atom. The lowest BCUT2D eigenvalue weighted by atomic mass is 10.1. The van der Waals surface area contributed by atoms with Gasteiger partial charge in [0.2, 0.25) is 0 Å². The number of hydrogen-bond acceptors (Lipinski definition) is 8. The summed E-state index contributed by atoms with van der Waals surface area (Å²) in [7, 11) is 0. The van der Waals surface area contributed by atoms with E-state index in [0.29, 0.717) is 0 Å². The fourth-order valence-electron chi connectivity index (χ4n) is 1.65. The van der Waals surface area contributed by atoms with Crippen molar-refractivity contribution < 1.29 is 38.7 Å². The largest absolute Gasteiger partial charge is 0.462 e. The van der Waals surface area contributed by atoms with E-state index in [1.54, 1.807) is 0 Å². The molecule has 0 rings (SSSR count). The van der Waals surface area contributed by atoms with Crippen LogP contribution >= 0.6 is 0 Å². The molecule has 2 atom stereocenters. The summed E-state index contributed by atoms with van der Waals surface area (Å²) in [5, 5.41) is 18.1. The van der Waals surface area contributed by atoms with Gasteiger partial charge in [0.25, 0.3) is 0 Å². The first-order valence-electron chi connectivity index (χ1n) is 7.93. The molecule has 2 unspecified atom stereocenters. The molecule has 0 aromatic rings. The van der Waals surface area contributed by atoms with Crippen LogP contribution in [-0.4, -0.2) is 74.0 Å². The maximum Gasteiger partial charge on any atom is 0.333 e. The molecule has 0 bridgehead atoms. The van der Waals surface area contributed by atoms with E-state index >= 15 is 0 Å². The summed E-state index contributed by atoms with van der Waals surface area (Å²) >= 11 is 0. The van der Waals surface area contributed by atoms with Crippen LogP contribution < -0.4 is 0 Å². The molecule has 0 aliphatic heterocycles. The van der Waals surface area contributed by atoms with Crippen LogP contribution in [0.3, 0.4) is 0 Å². The van der Waals surface area contributed by atoms with Gasteiger partial charge in [0, 0.05) is 17.6 Å². The van der Waals surface area contributed by atoms with E-state index in [2.05, 4.69) is 13.2 Å². The van der Waals surface area contributed by atoms with Crippen molar-refractivity contribution in [3.8, 4) is 0 Å². The molecule has 8 nitrogen and oxygen atoms in total. The van der Waals surface area contributed by atoms with Gasteiger partial charge in [-0.25, -0.2) is 9.59 Å². The second-order valence-electron chi connectivity index (χ2n) is 5.36. The van der Waals surface area contributed by atoms with Crippen molar-refractivity contribution in [1.82, 2.24) is 0 Å². The first-order chi connectivity index (χ1) is 11.8. The molecule has 0 aromatic heterocycles. The fraction of sp³-hybridized carbons (Fsp3) is 0.647. The highest BCUT2D eigenvalue weighted by molar-refractivity contribution is 5.87. The number of aliphatic hydroxyl groups excluding tert-OH is 2. The van der Waals surface area contributed by atoms with Crippen LogP contribution in [0.15, 0.2) is 24.3 Å². The molecule has 25 heavy (non-hydrogen) atoms. The van der Waals surface area contributed by atoms with E-state index in [1.807, 2.05) is 0 Å². The van der Waals surface area contributed by atoms with Crippen LogP contribution in [0.4, 0.5) is 0 Å². The third-order valence-electron chi connectivity index (χ3n) is 2.98. The quantitative estimate of drug-likeness (QED) is 0.260. The lowest BCUT2D eigenvalue weighted by Crippen LogP contribution is -2.38. The molecule has 0 saturated heterocycles. The molecule has 0 spiro atoms. The van der Waals surface area contributed by atoms with Gasteiger partial charge < -0.3 is 29.2 Å². The molecule has 0 fully saturated rings. The second-order valence-corrected chi connectivity index (χ2v) is 5.36. The number of rotatable bonds is 14. The van der Waals surface area contributed by atoms with Gasteiger partial charge in [0.1, 0.15) is 12.2 Å². The molecule has 2 N–H and O–H groups in total. The minimum atomic E-state index is -0.829. The van der Waals surface area contributed by atoms with Crippen LogP contribution in [0.1, 0.15) is 20.3 Å². The minimum absolute atomic E-state index is 0.0271. The van der Waals surface area contributed by atoms with Crippen molar-refractivity contribution in [2.45, 2.75) is 32.5 Å². The monoisotopic (exact) mass is 360 g/mol. The Kier molecular flexibility index (Phi) is 12.6. The number of ether oxygens (including phenoxy) is 4. The Balaban J connectivity index is 4.64. The predicted octanol–water partition coefficient (Wildman–Crippen LogP) is 0.370. The van der Waals surface area contributed by atoms with Crippen LogP contribution in [0.2, 0.25) is 0 Å². The van der Waals surface area contributed by atoms with Crippen molar-refractivity contribution in [3.63, 3.8) is 0 Å². The zero-order chi connectivity index (χ0) is 19.2. The third kappa shape index (κ3) is 10.7. The molecule has 144 valence electrons. The van der Waals surface area contributed by atoms with Gasteiger partial charge in [-0.1, -0.05) is 13.2 Å². The lowest BCUT2D eigenvalue weighted by molar-refractivity contribution is -0.159. The van der Waals surface area contributed by atoms with Crippen molar-refractivity contribution in [1.29, 1.82) is 0 Å². The Hall–Kier alpha value is -1.74. The van der Waals surface area contributed by atoms with Crippen molar-refractivity contribution in [2.24, 2.45) is 0 Å². The number of carbonyl (C=O) groups excluding carboxylic acids is 2. The third-order valence-corrected chi connectivity index (χ3v) is 2.98. The van der Waals surface area contributed by atoms with Gasteiger partial charge in [0.15, 0.2) is 0 Å². The topological polar surface area (TPSA) is 112 Å². The fourth-order valence-corrected chi connectivity index (χ4v) is 1.65. The first-order valence-corrected chi connectivity index (χ1v) is 7.93. The van der Waals surface area contributed by atoms with Crippen LogP contribution in [0.5, 0.6) is 0 Å². The average Bonchev–Trinajstić information content (AvgIpc) is 2.56. The van der Waals surface area contributed by atoms with Gasteiger partial charge in [-0.2, -0.15) is 0 Å². The van der Waals surface area contributed by atoms with Gasteiger partial charge in [0.05, 0.1) is 39.6 Å². The van der Waals surface area contributed by atoms with E-state index < -0.39 is 30.8 Å². The van der Waals surface area contributed by atoms with E-state index in [9.17, 15) is 14.7 Å². The predicted molar refractivity (Wildman–Crippen MR) is 89.8 cm³/mol. The number of hydrogen-bond donors (Lipinski definition) is 2. The minimum Gasteiger partial charge on any atom is -0.462 e. The standard InChI is InChI=1S/C17H28O8/c1-12(2)16(20)24-7-5-14(25-17(21)13(3)4)15(11-19)23-10-9-22-8-6-18/h14-15,18-19H,1,3,5-11H2,2,4H3. The van der Waals surface area contributed by atoms with Crippen LogP contribution in [0.25, 0.3) is 0 Å². The van der Waals surface area contributed by atoms with E-state index in [4.69, 9.17) is 24.1 Å². The molecular weight excluding hydrogens is 332 g/mol. The molecule has 0 saturated carbocycles. The maximum atomic E-state index is 11.8. The van der Waals surface area contributed by atoms with Crippen LogP contribution in [-0.2, 0) is 28.5 Å². The SMILES string of the molecule is C=C(C)C(=O)OCCC(OC(=O)C(=C)C)C(CO)OCCOCCO. The van der Waals surface area contributed by atoms with Gasteiger partial charge in [-0.3, -0.25) is 0 Å². The van der Waals surface area contributed by atoms with Crippen molar-refractivity contribution >= 4 is 11.9 Å².